The molecule has 0 saturated heterocycles. The number of benzene rings is 2. The van der Waals surface area contributed by atoms with E-state index in [0.29, 0.717) is 13.2 Å². The van der Waals surface area contributed by atoms with Crippen LogP contribution in [0, 0.1) is 0 Å². The zero-order chi connectivity index (χ0) is 16.3. The van der Waals surface area contributed by atoms with E-state index in [4.69, 9.17) is 14.2 Å². The summed E-state index contributed by atoms with van der Waals surface area (Å²) in [6.45, 7) is 4.33. The average molecular weight is 312 g/mol. The second-order valence-electron chi connectivity index (χ2n) is 4.77. The fraction of sp³-hybridized carbons (Fsp3) is 0.211. The van der Waals surface area contributed by atoms with Crippen LogP contribution in [0.15, 0.2) is 73.3 Å². The first kappa shape index (κ1) is 16.8. The Morgan fingerprint density at radius 1 is 1.00 bits per heavy atom. The highest BCUT2D eigenvalue weighted by Gasteiger charge is 2.14. The molecule has 0 fully saturated rings. The van der Waals surface area contributed by atoms with Crippen LogP contribution in [0.4, 0.5) is 0 Å². The minimum atomic E-state index is -0.463. The largest absolute Gasteiger partial charge is 0.491 e. The molecule has 0 radical (unpaired) electrons. The van der Waals surface area contributed by atoms with E-state index in [9.17, 15) is 4.79 Å². The summed E-state index contributed by atoms with van der Waals surface area (Å²) in [6.07, 6.45) is 0.806. The molecule has 0 aromatic heterocycles. The fourth-order valence-corrected chi connectivity index (χ4v) is 1.99. The minimum Gasteiger partial charge on any atom is -0.491 e. The van der Waals surface area contributed by atoms with Crippen LogP contribution in [-0.4, -0.2) is 25.8 Å². The maximum atomic E-state index is 11.2. The number of para-hydroxylation sites is 1. The Morgan fingerprint density at radius 3 is 2.30 bits per heavy atom. The number of carbonyl (C=O) groups is 1. The first-order valence-corrected chi connectivity index (χ1v) is 7.43. The lowest BCUT2D eigenvalue weighted by Gasteiger charge is -2.18. The van der Waals surface area contributed by atoms with E-state index < -0.39 is 5.97 Å². The highest BCUT2D eigenvalue weighted by molar-refractivity contribution is 5.81. The van der Waals surface area contributed by atoms with Gasteiger partial charge in [-0.1, -0.05) is 55.1 Å². The molecule has 0 spiro atoms. The van der Waals surface area contributed by atoms with Gasteiger partial charge in [-0.05, 0) is 17.7 Å². The Hall–Kier alpha value is -2.59. The molecule has 1 unspecified atom stereocenters. The van der Waals surface area contributed by atoms with Gasteiger partial charge >= 0.3 is 5.97 Å². The summed E-state index contributed by atoms with van der Waals surface area (Å²) < 4.78 is 16.5. The lowest BCUT2D eigenvalue weighted by molar-refractivity contribution is -0.142. The second kappa shape index (κ2) is 9.43. The van der Waals surface area contributed by atoms with Crippen molar-refractivity contribution in [1.82, 2.24) is 0 Å². The van der Waals surface area contributed by atoms with E-state index in [1.54, 1.807) is 0 Å². The Labute approximate surface area is 136 Å². The maximum Gasteiger partial charge on any atom is 0.330 e. The molecule has 0 N–H and O–H groups in total. The smallest absolute Gasteiger partial charge is 0.330 e. The topological polar surface area (TPSA) is 44.8 Å². The monoisotopic (exact) mass is 312 g/mol. The number of ether oxygens (including phenoxy) is 3. The molecule has 2 rings (SSSR count). The Balaban J connectivity index is 1.84. The highest BCUT2D eigenvalue weighted by Crippen LogP contribution is 2.18. The van der Waals surface area contributed by atoms with Crippen molar-refractivity contribution in [2.45, 2.75) is 6.10 Å². The number of hydrogen-bond donors (Lipinski definition) is 0. The van der Waals surface area contributed by atoms with Crippen LogP contribution >= 0.6 is 0 Å². The van der Waals surface area contributed by atoms with Crippen LogP contribution in [0.5, 0.6) is 5.75 Å². The predicted octanol–water partition coefficient (Wildman–Crippen LogP) is 3.55. The van der Waals surface area contributed by atoms with Crippen molar-refractivity contribution in [3.05, 3.63) is 78.9 Å². The van der Waals surface area contributed by atoms with Crippen molar-refractivity contribution in [2.75, 3.05) is 19.8 Å². The van der Waals surface area contributed by atoms with Gasteiger partial charge in [0.15, 0.2) is 0 Å². The quantitative estimate of drug-likeness (QED) is 0.403. The highest BCUT2D eigenvalue weighted by atomic mass is 16.6. The molecule has 2 aromatic rings. The molecule has 0 aliphatic carbocycles. The van der Waals surface area contributed by atoms with Gasteiger partial charge in [-0.2, -0.15) is 0 Å². The van der Waals surface area contributed by atoms with Crippen LogP contribution in [0.3, 0.4) is 0 Å². The third kappa shape index (κ3) is 5.96. The van der Waals surface area contributed by atoms with E-state index in [0.717, 1.165) is 17.4 Å². The van der Waals surface area contributed by atoms with Gasteiger partial charge in [0.05, 0.1) is 6.61 Å². The van der Waals surface area contributed by atoms with Crippen LogP contribution in [0.25, 0.3) is 0 Å². The second-order valence-corrected chi connectivity index (χ2v) is 4.77. The molecule has 0 bridgehead atoms. The summed E-state index contributed by atoms with van der Waals surface area (Å²) in [5.41, 5.74) is 0.948. The van der Waals surface area contributed by atoms with Gasteiger partial charge in [-0.3, -0.25) is 0 Å². The standard InChI is InChI=1S/C19H20O4/c1-2-19(20)23-15-18(16-9-5-3-6-10-16)22-14-13-21-17-11-7-4-8-12-17/h2-12,18H,1,13-15H2. The van der Waals surface area contributed by atoms with Crippen LogP contribution in [-0.2, 0) is 14.3 Å². The normalized spacial score (nSPS) is 11.5. The predicted molar refractivity (Wildman–Crippen MR) is 88.2 cm³/mol. The molecule has 120 valence electrons. The molecule has 23 heavy (non-hydrogen) atoms. The summed E-state index contributed by atoms with van der Waals surface area (Å²) >= 11 is 0. The molecule has 2 aromatic carbocycles. The minimum absolute atomic E-state index is 0.139. The zero-order valence-electron chi connectivity index (χ0n) is 12.9. The maximum absolute atomic E-state index is 11.2. The molecule has 1 atom stereocenters. The average Bonchev–Trinajstić information content (AvgIpc) is 2.62. The van der Waals surface area contributed by atoms with Crippen LogP contribution < -0.4 is 4.74 Å². The third-order valence-corrected chi connectivity index (χ3v) is 3.13. The van der Waals surface area contributed by atoms with E-state index >= 15 is 0 Å². The lowest BCUT2D eigenvalue weighted by Crippen LogP contribution is -2.17. The first-order chi connectivity index (χ1) is 11.3. The Morgan fingerprint density at radius 2 is 1.65 bits per heavy atom. The van der Waals surface area contributed by atoms with Crippen molar-refractivity contribution in [1.29, 1.82) is 0 Å². The molecule has 0 saturated carbocycles. The zero-order valence-corrected chi connectivity index (χ0v) is 12.9. The van der Waals surface area contributed by atoms with Crippen molar-refractivity contribution in [2.24, 2.45) is 0 Å². The lowest BCUT2D eigenvalue weighted by atomic mass is 10.1. The summed E-state index contributed by atoms with van der Waals surface area (Å²) in [5.74, 6) is 0.334. The van der Waals surface area contributed by atoms with Gasteiger partial charge in [0.1, 0.15) is 25.1 Å². The van der Waals surface area contributed by atoms with Crippen LogP contribution in [0.1, 0.15) is 11.7 Å². The van der Waals surface area contributed by atoms with Crippen molar-refractivity contribution in [3.8, 4) is 5.75 Å². The number of hydrogen-bond acceptors (Lipinski definition) is 4. The first-order valence-electron chi connectivity index (χ1n) is 7.43. The number of carbonyl (C=O) groups excluding carboxylic acids is 1. The van der Waals surface area contributed by atoms with Crippen molar-refractivity contribution >= 4 is 5.97 Å². The van der Waals surface area contributed by atoms with Gasteiger partial charge in [0.2, 0.25) is 0 Å². The van der Waals surface area contributed by atoms with Gasteiger partial charge < -0.3 is 14.2 Å². The van der Waals surface area contributed by atoms with Crippen molar-refractivity contribution in [3.63, 3.8) is 0 Å². The Kier molecular flexibility index (Phi) is 6.88. The van der Waals surface area contributed by atoms with Gasteiger partial charge in [0, 0.05) is 6.08 Å². The van der Waals surface area contributed by atoms with Crippen molar-refractivity contribution < 1.29 is 19.0 Å². The fourth-order valence-electron chi connectivity index (χ4n) is 1.99. The molecular formula is C19H20O4. The van der Waals surface area contributed by atoms with E-state index in [-0.39, 0.29) is 12.7 Å². The summed E-state index contributed by atoms with van der Waals surface area (Å²) in [5, 5.41) is 0. The summed E-state index contributed by atoms with van der Waals surface area (Å²) in [6, 6.07) is 19.2. The summed E-state index contributed by atoms with van der Waals surface area (Å²) in [4.78, 5) is 11.2. The van der Waals surface area contributed by atoms with E-state index in [2.05, 4.69) is 6.58 Å². The van der Waals surface area contributed by atoms with E-state index in [1.807, 2.05) is 60.7 Å². The third-order valence-electron chi connectivity index (χ3n) is 3.13. The van der Waals surface area contributed by atoms with Gasteiger partial charge in [-0.25, -0.2) is 4.79 Å². The molecule has 4 nitrogen and oxygen atoms in total. The summed E-state index contributed by atoms with van der Waals surface area (Å²) in [7, 11) is 0. The van der Waals surface area contributed by atoms with Gasteiger partial charge in [-0.15, -0.1) is 0 Å². The molecule has 0 aliphatic heterocycles. The van der Waals surface area contributed by atoms with Gasteiger partial charge in [0.25, 0.3) is 0 Å². The number of esters is 1. The Bertz CT molecular complexity index is 595. The molecular weight excluding hydrogens is 292 g/mol. The molecule has 0 amide bonds. The van der Waals surface area contributed by atoms with Crippen LogP contribution in [0.2, 0.25) is 0 Å². The van der Waals surface area contributed by atoms with E-state index in [1.165, 1.54) is 0 Å². The molecule has 4 heteroatoms. The SMILES string of the molecule is C=CC(=O)OCC(OCCOc1ccccc1)c1ccccc1. The number of rotatable bonds is 9. The molecule has 0 aliphatic rings. The molecule has 0 heterocycles.